The first-order valence-corrected chi connectivity index (χ1v) is 50.3. The number of likely N-dealkylation sites (N-methyl/N-ethyl adjacent to an activating group) is 1. The van der Waals surface area contributed by atoms with Crippen molar-refractivity contribution in [2.75, 3.05) is 191 Å². The van der Waals surface area contributed by atoms with Crippen LogP contribution in [0.5, 0.6) is 0 Å². The summed E-state index contributed by atoms with van der Waals surface area (Å²) in [6, 6.07) is 12.4. The molecular weight excluding hydrogens is 1830 g/mol. The standard InChI is InChI=1S/C100H152F2N16O23/c1-10-21-89-140-83-61-72-73-60-75(101)74-59-69(119)32-35-97(74,4)99(73,102)81(121)62-98(72,5)100(83,141-89)82(122)63-108-94(128)67(23-20-37-107-96(103)130)58-79(120)90(66(2)3)110-95(129)76(26-18-19-36-104-87(126)65-139-80-29-13-11-12-28-78-92(80)112-114-117(78)40-45-134-49-53-138-57-55-135-50-46-131-42-33-85(124)105-38-41-118(7,8)9)109-86(125)34-43-132-47-51-136-54-56-137-52-48-133-44-39-106-84(123)30-31-88(127)116-64-68-22-14-15-24-70(68)93-91(111-113-115(93)6)71-25-16-17-27-77(71)116/h14-17,22,24-25,27,32,35,59,66-67,72-73,75-76,80-81,83,89-90,111-114,121H,10-13,18-21,23,26,28-31,33-34,36-58,60-65H2,1-9H3,(H8-,103,104,105,106,107,108,109,110,123,124,125,126,128,129,130)/p+1/t67-,72+,73+,75+,76-,80?,81+,83-,89?,90+,97+,98+,99+,100-/m1/s1. The van der Waals surface area contributed by atoms with Crippen molar-refractivity contribution in [2.24, 2.45) is 40.2 Å². The highest BCUT2D eigenvalue weighted by atomic mass is 19.1. The van der Waals surface area contributed by atoms with Crippen LogP contribution in [0.1, 0.15) is 180 Å². The topological polar surface area (TPSA) is 478 Å². The number of hydrogen-bond acceptors (Lipinski definition) is 29. The highest BCUT2D eigenvalue weighted by Gasteiger charge is 2.80. The Morgan fingerprint density at radius 1 is 0.667 bits per heavy atom. The van der Waals surface area contributed by atoms with E-state index in [0.29, 0.717) is 111 Å². The maximum Gasteiger partial charge on any atom is 0.312 e. The summed E-state index contributed by atoms with van der Waals surface area (Å²) in [6.07, 6.45) is 2.90. The lowest BCUT2D eigenvalue weighted by atomic mass is 9.44. The molecule has 4 heterocycles. The summed E-state index contributed by atoms with van der Waals surface area (Å²) in [6.45, 7) is 14.8. The van der Waals surface area contributed by atoms with E-state index < -0.39 is 143 Å². The highest BCUT2D eigenvalue weighted by molar-refractivity contribution is 6.04. The number of aliphatic hydroxyl groups excluding tert-OH is 1. The summed E-state index contributed by atoms with van der Waals surface area (Å²) in [5.41, 5.74) is 18.1. The van der Waals surface area contributed by atoms with Crippen LogP contribution >= 0.6 is 0 Å². The number of urea groups is 1. The molecule has 2 aromatic rings. The van der Waals surface area contributed by atoms with Crippen molar-refractivity contribution in [3.63, 3.8) is 0 Å². The highest BCUT2D eigenvalue weighted by Crippen LogP contribution is 2.72. The second-order valence-electron chi connectivity index (χ2n) is 39.4. The number of rotatable bonds is 61. The molecule has 2 aromatic carbocycles. The van der Waals surface area contributed by atoms with Gasteiger partial charge in [-0.05, 0) is 125 Å². The first-order valence-electron chi connectivity index (χ1n) is 50.3. The van der Waals surface area contributed by atoms with Gasteiger partial charge in [-0.2, -0.15) is 0 Å². The van der Waals surface area contributed by atoms with Crippen molar-refractivity contribution < 1.29 is 123 Å². The molecule has 39 nitrogen and oxygen atoms in total. The van der Waals surface area contributed by atoms with Gasteiger partial charge >= 0.3 is 6.03 Å². The molecule has 0 radical (unpaired) electrons. The molecule has 0 aromatic heterocycles. The summed E-state index contributed by atoms with van der Waals surface area (Å²) in [5.74, 6) is -8.26. The van der Waals surface area contributed by atoms with Crippen molar-refractivity contribution in [1.82, 2.24) is 69.2 Å². The van der Waals surface area contributed by atoms with Gasteiger partial charge in [0.05, 0.1) is 206 Å². The summed E-state index contributed by atoms with van der Waals surface area (Å²) in [7, 11) is 8.14. The average Bonchev–Trinajstić information content (AvgIpc) is 1.52. The zero-order valence-corrected chi connectivity index (χ0v) is 83.6. The predicted molar refractivity (Wildman–Crippen MR) is 517 cm³/mol. The number of anilines is 1. The van der Waals surface area contributed by atoms with Gasteiger partial charge in [0.25, 0.3) is 0 Å². The normalized spacial score (nSPS) is 24.5. The van der Waals surface area contributed by atoms with Gasteiger partial charge in [-0.1, -0.05) is 95.5 Å². The third kappa shape index (κ3) is 30.1. The van der Waals surface area contributed by atoms with Crippen molar-refractivity contribution in [3.8, 4) is 0 Å². The number of unbranched alkanes of at least 4 members (excludes halogenated alkanes) is 1. The Hall–Kier alpha value is -9.57. The van der Waals surface area contributed by atoms with Crippen LogP contribution in [0.15, 0.2) is 83.7 Å². The van der Waals surface area contributed by atoms with E-state index in [0.717, 1.165) is 88.0 Å². The van der Waals surface area contributed by atoms with E-state index in [-0.39, 0.29) is 166 Å². The van der Waals surface area contributed by atoms with Crippen molar-refractivity contribution >= 4 is 81.8 Å². The number of Topliss-reactive ketones (excluding diaryl/α,β-unsaturated/α-hetero) is 2. The van der Waals surface area contributed by atoms with Crippen LogP contribution in [0, 0.1) is 34.5 Å². The van der Waals surface area contributed by atoms with Crippen LogP contribution in [-0.4, -0.2) is 325 Å². The molecule has 41 heteroatoms. The van der Waals surface area contributed by atoms with Gasteiger partial charge < -0.3 is 120 Å². The number of hydrazine groups is 4. The second kappa shape index (κ2) is 54.4. The molecule has 11 rings (SSSR count). The molecule has 0 spiro atoms. The van der Waals surface area contributed by atoms with Gasteiger partial charge in [0.15, 0.2) is 34.9 Å². The SMILES string of the molecule is CCCC1O[C@@H]2C[C@H]3[C@@H]4C[C@H](F)C5=CC(=O)C=C[C@]5(C)[C@@]4(F)[C@@H](O)C[C@]3(C)[C@]2(C(=O)CNC(=O)[C@H](CCCNC(N)=O)CC(=O)[C@@H](NC(=O)[C@@H](CCCCNC(=O)COC2CCCCCC3=C2NNN3CCOCCOCCOCCOCCC(=O)NCC[N+](C)(C)C)NC(=O)CCOCCOCCOCCOCCNC(=O)CCC(=O)N2Cc3ccccc3C3=C(NNN3C)c3ccccc32)C(C)C)O1. The summed E-state index contributed by atoms with van der Waals surface area (Å²) >= 11 is 0. The van der Waals surface area contributed by atoms with Gasteiger partial charge in [-0.15, -0.1) is 11.1 Å². The lowest BCUT2D eigenvalue weighted by molar-refractivity contribution is -0.869. The number of nitrogens with two attached hydrogens (primary N) is 1. The first kappa shape index (κ1) is 112. The number of benzene rings is 2. The Kier molecular flexibility index (Phi) is 43.1. The van der Waals surface area contributed by atoms with Gasteiger partial charge in [0.2, 0.25) is 41.4 Å². The number of nitrogens with zero attached hydrogens (tertiary/aromatic N) is 4. The predicted octanol–water partition coefficient (Wildman–Crippen LogP) is 4.66. The number of quaternary nitrogens is 1. The minimum absolute atomic E-state index is 0.00233. The van der Waals surface area contributed by atoms with Crippen molar-refractivity contribution in [1.29, 1.82) is 0 Å². The maximum absolute atomic E-state index is 18.4. The Bertz CT molecular complexity index is 4680. The minimum Gasteiger partial charge on any atom is -0.390 e. The van der Waals surface area contributed by atoms with Gasteiger partial charge in [0.1, 0.15) is 24.9 Å². The number of ether oxygens (including phenoxy) is 11. The number of nitrogens with one attached hydrogen (secondary N) is 11. The molecule has 2 unspecified atom stereocenters. The minimum atomic E-state index is -2.46. The summed E-state index contributed by atoms with van der Waals surface area (Å²) in [4.78, 5) is 152. The molecule has 9 aliphatic rings. The van der Waals surface area contributed by atoms with E-state index >= 15 is 13.6 Å². The van der Waals surface area contributed by atoms with E-state index in [2.05, 4.69) is 80.3 Å². The number of fused-ring (bicyclic) bond motifs is 11. The number of ketones is 3. The molecule has 4 aliphatic heterocycles. The Morgan fingerprint density at radius 3 is 1.98 bits per heavy atom. The average molecular weight is 1990 g/mol. The Balaban J connectivity index is 0.631. The first-order chi connectivity index (χ1) is 67.7. The number of alkyl halides is 2. The van der Waals surface area contributed by atoms with E-state index in [1.165, 1.54) is 19.1 Å². The fourth-order valence-electron chi connectivity index (χ4n) is 20.7. The number of carbonyl (C=O) groups excluding carboxylic acids is 11. The molecule has 5 aliphatic carbocycles. The van der Waals surface area contributed by atoms with E-state index in [1.54, 1.807) is 25.7 Å². The fraction of sp³-hybridized carbons (Fsp3) is 0.690. The number of para-hydroxylation sites is 1. The fourth-order valence-corrected chi connectivity index (χ4v) is 20.7. The molecule has 14 atom stereocenters. The zero-order chi connectivity index (χ0) is 101. The van der Waals surface area contributed by atoms with Crippen LogP contribution in [0.3, 0.4) is 0 Å². The molecule has 14 N–H and O–H groups in total. The Labute approximate surface area is 825 Å². The molecular formula is C100H153F2N16O23+. The van der Waals surface area contributed by atoms with Crippen LogP contribution in [0.4, 0.5) is 19.3 Å². The van der Waals surface area contributed by atoms with Crippen LogP contribution < -0.4 is 69.8 Å². The van der Waals surface area contributed by atoms with Gasteiger partial charge in [-0.3, -0.25) is 58.0 Å². The van der Waals surface area contributed by atoms with Crippen LogP contribution in [-0.2, 0) is 107 Å². The number of allylic oxidation sites excluding steroid dienone is 5. The Morgan fingerprint density at radius 2 is 1.30 bits per heavy atom. The zero-order valence-electron chi connectivity index (χ0n) is 83.6. The van der Waals surface area contributed by atoms with E-state index in [4.69, 9.17) is 57.8 Å². The number of hydrogen-bond donors (Lipinski definition) is 13. The number of halogens is 2. The van der Waals surface area contributed by atoms with Crippen molar-refractivity contribution in [2.45, 2.75) is 224 Å². The quantitative estimate of drug-likeness (QED) is 0.0316. The molecule has 141 heavy (non-hydrogen) atoms. The molecule has 9 amide bonds. The molecule has 784 valence electrons. The largest absolute Gasteiger partial charge is 0.390 e. The third-order valence-corrected chi connectivity index (χ3v) is 28.1. The monoisotopic (exact) mass is 1980 g/mol. The summed E-state index contributed by atoms with van der Waals surface area (Å²) in [5, 5.41) is 35.8. The van der Waals surface area contributed by atoms with Gasteiger partial charge in [0, 0.05) is 92.6 Å². The van der Waals surface area contributed by atoms with Crippen LogP contribution in [0.25, 0.3) is 11.4 Å². The number of amides is 9. The van der Waals surface area contributed by atoms with Gasteiger partial charge in [-0.25, -0.2) is 13.6 Å². The maximum atomic E-state index is 18.4. The smallest absolute Gasteiger partial charge is 0.312 e. The second-order valence-corrected chi connectivity index (χ2v) is 39.4. The lowest BCUT2D eigenvalue weighted by Gasteiger charge is -2.63. The van der Waals surface area contributed by atoms with E-state index in [9.17, 15) is 53.1 Å². The molecule has 3 saturated carbocycles. The number of primary amides is 1. The van der Waals surface area contributed by atoms with Crippen molar-refractivity contribution in [3.05, 3.63) is 100 Å². The molecule has 4 fully saturated rings. The number of aliphatic hydroxyl groups is 1. The summed E-state index contributed by atoms with van der Waals surface area (Å²) < 4.78 is 101. The molecule has 0 bridgehead atoms. The molecule has 1 saturated heterocycles. The van der Waals surface area contributed by atoms with Crippen LogP contribution in [0.2, 0.25) is 0 Å². The lowest BCUT2D eigenvalue weighted by Crippen LogP contribution is -2.71. The van der Waals surface area contributed by atoms with E-state index in [1.807, 2.05) is 72.5 Å². The third-order valence-electron chi connectivity index (χ3n) is 28.1. The number of carbonyl (C=O) groups is 11.